The van der Waals surface area contributed by atoms with Gasteiger partial charge in [0.1, 0.15) is 23.7 Å². The van der Waals surface area contributed by atoms with Crippen LogP contribution < -0.4 is 21.3 Å². The third-order valence-corrected chi connectivity index (χ3v) is 6.68. The van der Waals surface area contributed by atoms with Gasteiger partial charge in [0.25, 0.3) is 5.91 Å². The Balaban J connectivity index is 1.82. The van der Waals surface area contributed by atoms with Crippen LogP contribution in [0, 0.1) is 18.7 Å². The van der Waals surface area contributed by atoms with Gasteiger partial charge in [0, 0.05) is 37.1 Å². The van der Waals surface area contributed by atoms with E-state index in [2.05, 4.69) is 26.4 Å². The molecule has 14 heteroatoms. The van der Waals surface area contributed by atoms with Crippen molar-refractivity contribution in [2.24, 2.45) is 5.92 Å². The number of nitrogens with zero attached hydrogens (tertiary/aromatic N) is 1. The molecule has 3 rings (SSSR count). The number of esters is 1. The summed E-state index contributed by atoms with van der Waals surface area (Å²) in [7, 11) is 0. The maximum atomic E-state index is 13.6. The molecule has 1 aliphatic rings. The van der Waals surface area contributed by atoms with Crippen LogP contribution in [0.25, 0.3) is 0 Å². The number of aliphatic hydroxyl groups is 1. The van der Waals surface area contributed by atoms with Crippen molar-refractivity contribution < 1.29 is 42.7 Å². The van der Waals surface area contributed by atoms with Crippen LogP contribution in [0.15, 0.2) is 47.0 Å². The minimum atomic E-state index is -1.48. The second-order valence-electron chi connectivity index (χ2n) is 10.1. The summed E-state index contributed by atoms with van der Waals surface area (Å²) in [6.07, 6.45) is 1.83. The van der Waals surface area contributed by atoms with Crippen molar-refractivity contribution in [3.05, 3.63) is 65.3 Å². The zero-order valence-corrected chi connectivity index (χ0v) is 24.1. The number of ether oxygens (including phenoxy) is 1. The number of rotatable bonds is 14. The first-order valence-electron chi connectivity index (χ1n) is 13.9. The molecule has 2 unspecified atom stereocenters. The lowest BCUT2D eigenvalue weighted by molar-refractivity contribution is -0.137. The van der Waals surface area contributed by atoms with Gasteiger partial charge in [-0.3, -0.25) is 19.2 Å². The van der Waals surface area contributed by atoms with Crippen molar-refractivity contribution >= 4 is 29.6 Å². The highest BCUT2D eigenvalue weighted by Gasteiger charge is 2.33. The maximum absolute atomic E-state index is 13.6. The van der Waals surface area contributed by atoms with Crippen LogP contribution >= 0.6 is 0 Å². The molecule has 1 aliphatic heterocycles. The van der Waals surface area contributed by atoms with Crippen LogP contribution in [-0.2, 0) is 30.3 Å². The Morgan fingerprint density at radius 3 is 2.49 bits per heavy atom. The summed E-state index contributed by atoms with van der Waals surface area (Å²) < 4.78 is 23.3. The molecule has 1 fully saturated rings. The van der Waals surface area contributed by atoms with Crippen LogP contribution in [0.3, 0.4) is 0 Å². The molecule has 0 bridgehead atoms. The Morgan fingerprint density at radius 2 is 1.91 bits per heavy atom. The predicted octanol–water partition coefficient (Wildman–Crippen LogP) is 0.459. The number of aliphatic hydroxyl groups excluding tert-OH is 1. The summed E-state index contributed by atoms with van der Waals surface area (Å²) in [5.41, 5.74) is 0.398. The number of carbonyl (C=O) groups excluding carboxylic acids is 5. The molecule has 4 amide bonds. The Labute approximate surface area is 247 Å². The highest BCUT2D eigenvalue weighted by molar-refractivity contribution is 5.97. The Kier molecular flexibility index (Phi) is 11.9. The largest absolute Gasteiger partial charge is 0.463 e. The zero-order chi connectivity index (χ0) is 31.5. The second kappa shape index (κ2) is 15.6. The molecule has 5 N–H and O–H groups in total. The molecule has 2 aromatic rings. The summed E-state index contributed by atoms with van der Waals surface area (Å²) >= 11 is 0. The third-order valence-electron chi connectivity index (χ3n) is 6.68. The quantitative estimate of drug-likeness (QED) is 0.151. The number of benzene rings is 1. The van der Waals surface area contributed by atoms with E-state index in [1.165, 1.54) is 43.3 Å². The highest BCUT2D eigenvalue weighted by atomic mass is 19.1. The van der Waals surface area contributed by atoms with Gasteiger partial charge in [0.2, 0.25) is 17.7 Å². The first-order chi connectivity index (χ1) is 20.5. The van der Waals surface area contributed by atoms with Crippen LogP contribution in [0.4, 0.5) is 4.39 Å². The van der Waals surface area contributed by atoms with Crippen LogP contribution in [0.5, 0.6) is 0 Å². The number of halogens is 1. The number of aromatic nitrogens is 1. The number of hydrogen-bond acceptors (Lipinski definition) is 9. The molecule has 13 nitrogen and oxygen atoms in total. The fourth-order valence-electron chi connectivity index (χ4n) is 4.45. The van der Waals surface area contributed by atoms with Crippen molar-refractivity contribution in [1.82, 2.24) is 26.4 Å². The van der Waals surface area contributed by atoms with Crippen molar-refractivity contribution in [3.63, 3.8) is 0 Å². The number of hydrogen-bond donors (Lipinski definition) is 5. The Hall–Kier alpha value is -4.59. The zero-order valence-electron chi connectivity index (χ0n) is 24.1. The molecular formula is C29H36FN5O8. The highest BCUT2D eigenvalue weighted by Crippen LogP contribution is 2.17. The molecule has 0 spiro atoms. The molecule has 1 aromatic carbocycles. The average Bonchev–Trinajstić information content (AvgIpc) is 3.58. The molecule has 0 saturated carbocycles. The van der Waals surface area contributed by atoms with Crippen molar-refractivity contribution in [1.29, 1.82) is 0 Å². The van der Waals surface area contributed by atoms with Gasteiger partial charge >= 0.3 is 5.97 Å². The monoisotopic (exact) mass is 601 g/mol. The summed E-state index contributed by atoms with van der Waals surface area (Å²) in [6.45, 7) is 5.14. The van der Waals surface area contributed by atoms with Crippen molar-refractivity contribution in [2.75, 3.05) is 13.2 Å². The van der Waals surface area contributed by atoms with Crippen molar-refractivity contribution in [3.8, 4) is 0 Å². The van der Waals surface area contributed by atoms with Gasteiger partial charge in [0.05, 0.1) is 12.7 Å². The first-order valence-corrected chi connectivity index (χ1v) is 13.9. The van der Waals surface area contributed by atoms with E-state index >= 15 is 0 Å². The van der Waals surface area contributed by atoms with E-state index in [1.807, 2.05) is 0 Å². The van der Waals surface area contributed by atoms with Gasteiger partial charge in [0.15, 0.2) is 5.69 Å². The lowest BCUT2D eigenvalue weighted by Crippen LogP contribution is -2.58. The maximum Gasteiger partial charge on any atom is 0.330 e. The van der Waals surface area contributed by atoms with Gasteiger partial charge in [-0.15, -0.1) is 0 Å². The average molecular weight is 602 g/mol. The normalized spacial score (nSPS) is 17.4. The minimum Gasteiger partial charge on any atom is -0.463 e. The first kappa shape index (κ1) is 32.9. The smallest absolute Gasteiger partial charge is 0.330 e. The predicted molar refractivity (Wildman–Crippen MR) is 150 cm³/mol. The van der Waals surface area contributed by atoms with E-state index in [0.717, 1.165) is 6.08 Å². The van der Waals surface area contributed by atoms with Crippen LogP contribution in [-0.4, -0.2) is 77.2 Å². The number of nitrogens with one attached hydrogen (secondary N) is 4. The van der Waals surface area contributed by atoms with E-state index in [-0.39, 0.29) is 31.0 Å². The molecule has 0 aliphatic carbocycles. The molecule has 43 heavy (non-hydrogen) atoms. The van der Waals surface area contributed by atoms with Gasteiger partial charge < -0.3 is 35.6 Å². The lowest BCUT2D eigenvalue weighted by Gasteiger charge is -2.26. The molecule has 232 valence electrons. The third kappa shape index (κ3) is 10.0. The summed E-state index contributed by atoms with van der Waals surface area (Å²) in [5, 5.41) is 24.3. The van der Waals surface area contributed by atoms with E-state index in [9.17, 15) is 33.5 Å². The summed E-state index contributed by atoms with van der Waals surface area (Å²) in [4.78, 5) is 63.7. The van der Waals surface area contributed by atoms with E-state index in [4.69, 9.17) is 9.26 Å². The van der Waals surface area contributed by atoms with Crippen LogP contribution in [0.2, 0.25) is 0 Å². The topological polar surface area (TPSA) is 189 Å². The molecule has 1 saturated heterocycles. The van der Waals surface area contributed by atoms with E-state index in [1.54, 1.807) is 13.8 Å². The molecular weight excluding hydrogens is 565 g/mol. The summed E-state index contributed by atoms with van der Waals surface area (Å²) in [5.74, 6) is -3.70. The number of carbonyl (C=O) groups is 5. The van der Waals surface area contributed by atoms with Gasteiger partial charge in [-0.25, -0.2) is 9.18 Å². The molecule has 1 aromatic heterocycles. The SMILES string of the molecule is CCOC(=O)C=C[C@H](CC1CCNC1=O)NC(=O)[C@H](Cc1ccc(F)cc1)NC(=O)[C@@H](NC(=O)c1cc(C)on1)C(C)O. The van der Waals surface area contributed by atoms with Crippen LogP contribution in [0.1, 0.15) is 48.5 Å². The van der Waals surface area contributed by atoms with Gasteiger partial charge in [-0.05, 0) is 51.3 Å². The minimum absolute atomic E-state index is 0.0843. The fourth-order valence-corrected chi connectivity index (χ4v) is 4.45. The fraction of sp³-hybridized carbons (Fsp3) is 0.448. The number of amides is 4. The van der Waals surface area contributed by atoms with E-state index in [0.29, 0.717) is 24.3 Å². The molecule has 2 heterocycles. The molecule has 0 radical (unpaired) electrons. The van der Waals surface area contributed by atoms with Gasteiger partial charge in [-0.2, -0.15) is 0 Å². The Bertz CT molecular complexity index is 1330. The standard InChI is InChI=1S/C29H36FN5O8/c1-4-42-24(37)10-9-21(15-19-11-12-31-26(19)38)32-27(39)22(14-18-5-7-20(30)8-6-18)33-29(41)25(17(3)36)34-28(40)23-13-16(2)43-35-23/h5-10,13,17,19,21-22,25,36H,4,11-12,14-15H2,1-3H3,(H,31,38)(H,32,39)(H,33,41)(H,34,40)/t17?,19?,21-,22+,25+/m1/s1. The van der Waals surface area contributed by atoms with Gasteiger partial charge in [-0.1, -0.05) is 23.4 Å². The summed E-state index contributed by atoms with van der Waals surface area (Å²) in [6, 6.07) is 3.12. The number of aryl methyl sites for hydroxylation is 1. The molecule has 5 atom stereocenters. The second-order valence-corrected chi connectivity index (χ2v) is 10.1. The van der Waals surface area contributed by atoms with Crippen molar-refractivity contribution in [2.45, 2.75) is 64.3 Å². The lowest BCUT2D eigenvalue weighted by atomic mass is 9.97. The Morgan fingerprint density at radius 1 is 1.19 bits per heavy atom. The van der Waals surface area contributed by atoms with E-state index < -0.39 is 59.7 Å².